The lowest BCUT2D eigenvalue weighted by Gasteiger charge is -2.24. The number of nitrogens with zero attached hydrogens (tertiary/aromatic N) is 1. The molecule has 120 valence electrons. The zero-order chi connectivity index (χ0) is 15.2. The molecule has 0 aromatic heterocycles. The molecule has 2 atom stereocenters. The zero-order valence-corrected chi connectivity index (χ0v) is 12.6. The Morgan fingerprint density at radius 1 is 1.38 bits per heavy atom. The number of ether oxygens (including phenoxy) is 2. The summed E-state index contributed by atoms with van der Waals surface area (Å²) in [4.78, 5) is 24.8. The van der Waals surface area contributed by atoms with Crippen molar-refractivity contribution in [2.45, 2.75) is 51.2 Å². The molecule has 1 saturated carbocycles. The van der Waals surface area contributed by atoms with Crippen LogP contribution in [0.25, 0.3) is 0 Å². The fourth-order valence-electron chi connectivity index (χ4n) is 2.51. The molecule has 2 rings (SSSR count). The van der Waals surface area contributed by atoms with Crippen LogP contribution in [0.4, 0.5) is 0 Å². The highest BCUT2D eigenvalue weighted by atomic mass is 16.5. The lowest BCUT2D eigenvalue weighted by Crippen LogP contribution is -2.39. The summed E-state index contributed by atoms with van der Waals surface area (Å²) in [5.74, 6) is -1.39. The summed E-state index contributed by atoms with van der Waals surface area (Å²) in [6.45, 7) is 3.66. The van der Waals surface area contributed by atoms with Gasteiger partial charge in [0.2, 0.25) is 5.91 Å². The smallest absolute Gasteiger partial charge is 0.308 e. The SMILES string of the molecule is CC(CN(C(=O)CCOCC1CCCO1)C1CC1)C(=O)O. The molecule has 2 aliphatic rings. The first-order valence-electron chi connectivity index (χ1n) is 7.79. The summed E-state index contributed by atoms with van der Waals surface area (Å²) in [5.41, 5.74) is 0. The molecule has 1 saturated heterocycles. The summed E-state index contributed by atoms with van der Waals surface area (Å²) >= 11 is 0. The molecule has 2 fully saturated rings. The molecular weight excluding hydrogens is 274 g/mol. The number of carbonyl (C=O) groups excluding carboxylic acids is 1. The van der Waals surface area contributed by atoms with Crippen molar-refractivity contribution >= 4 is 11.9 Å². The van der Waals surface area contributed by atoms with Crippen LogP contribution in [0.1, 0.15) is 39.0 Å². The summed E-state index contributed by atoms with van der Waals surface area (Å²) in [7, 11) is 0. The number of carboxylic acid groups (broad SMARTS) is 1. The van der Waals surface area contributed by atoms with E-state index in [1.54, 1.807) is 11.8 Å². The van der Waals surface area contributed by atoms with E-state index in [0.717, 1.165) is 32.3 Å². The Balaban J connectivity index is 1.67. The van der Waals surface area contributed by atoms with Crippen molar-refractivity contribution in [3.63, 3.8) is 0 Å². The van der Waals surface area contributed by atoms with Gasteiger partial charge in [0, 0.05) is 19.2 Å². The Morgan fingerprint density at radius 2 is 2.14 bits per heavy atom. The number of hydrogen-bond donors (Lipinski definition) is 1. The molecule has 1 amide bonds. The van der Waals surface area contributed by atoms with Crippen molar-refractivity contribution in [3.05, 3.63) is 0 Å². The molecule has 6 nitrogen and oxygen atoms in total. The first-order valence-corrected chi connectivity index (χ1v) is 7.79. The monoisotopic (exact) mass is 299 g/mol. The number of hydrogen-bond acceptors (Lipinski definition) is 4. The van der Waals surface area contributed by atoms with Gasteiger partial charge in [0.05, 0.1) is 31.7 Å². The third-order valence-corrected chi connectivity index (χ3v) is 3.99. The molecule has 0 bridgehead atoms. The summed E-state index contributed by atoms with van der Waals surface area (Å²) in [6, 6.07) is 0.234. The lowest BCUT2D eigenvalue weighted by molar-refractivity contribution is -0.143. The zero-order valence-electron chi connectivity index (χ0n) is 12.6. The highest BCUT2D eigenvalue weighted by molar-refractivity contribution is 5.78. The van der Waals surface area contributed by atoms with Crippen LogP contribution in [0.15, 0.2) is 0 Å². The molecule has 1 aliphatic heterocycles. The normalized spacial score (nSPS) is 23.0. The van der Waals surface area contributed by atoms with Gasteiger partial charge < -0.3 is 19.5 Å². The van der Waals surface area contributed by atoms with Gasteiger partial charge in [-0.25, -0.2) is 0 Å². The lowest BCUT2D eigenvalue weighted by atomic mass is 10.1. The topological polar surface area (TPSA) is 76.1 Å². The molecule has 1 heterocycles. The molecule has 0 radical (unpaired) electrons. The van der Waals surface area contributed by atoms with Crippen LogP contribution < -0.4 is 0 Å². The Morgan fingerprint density at radius 3 is 2.71 bits per heavy atom. The molecule has 6 heteroatoms. The molecular formula is C15H25NO5. The maximum atomic E-state index is 12.2. The minimum atomic E-state index is -0.858. The number of carboxylic acids is 1. The molecule has 1 aliphatic carbocycles. The van der Waals surface area contributed by atoms with Crippen molar-refractivity contribution in [2.24, 2.45) is 5.92 Å². The Kier molecular flexibility index (Phi) is 5.99. The quantitative estimate of drug-likeness (QED) is 0.649. The number of carbonyl (C=O) groups is 2. The van der Waals surface area contributed by atoms with Crippen LogP contribution in [0.5, 0.6) is 0 Å². The third kappa shape index (κ3) is 5.28. The third-order valence-electron chi connectivity index (χ3n) is 3.99. The predicted octanol–water partition coefficient (Wildman–Crippen LogP) is 1.28. The molecule has 2 unspecified atom stereocenters. The molecule has 1 N–H and O–H groups in total. The van der Waals surface area contributed by atoms with Gasteiger partial charge in [-0.3, -0.25) is 9.59 Å². The predicted molar refractivity (Wildman–Crippen MR) is 75.9 cm³/mol. The number of rotatable bonds is 9. The van der Waals surface area contributed by atoms with E-state index in [1.165, 1.54) is 0 Å². The van der Waals surface area contributed by atoms with Crippen molar-refractivity contribution in [3.8, 4) is 0 Å². The number of amides is 1. The van der Waals surface area contributed by atoms with E-state index in [1.807, 2.05) is 0 Å². The average molecular weight is 299 g/mol. The van der Waals surface area contributed by atoms with E-state index >= 15 is 0 Å². The van der Waals surface area contributed by atoms with Gasteiger partial charge in [0.1, 0.15) is 0 Å². The van der Waals surface area contributed by atoms with E-state index < -0.39 is 11.9 Å². The van der Waals surface area contributed by atoms with Crippen molar-refractivity contribution in [2.75, 3.05) is 26.4 Å². The van der Waals surface area contributed by atoms with Crippen molar-refractivity contribution < 1.29 is 24.2 Å². The van der Waals surface area contributed by atoms with Gasteiger partial charge in [-0.05, 0) is 25.7 Å². The van der Waals surface area contributed by atoms with Gasteiger partial charge in [0.25, 0.3) is 0 Å². The standard InChI is InChI=1S/C15H25NO5/c1-11(15(18)19)9-16(12-4-5-12)14(17)6-8-20-10-13-3-2-7-21-13/h11-13H,2-10H2,1H3,(H,18,19). The second-order valence-corrected chi connectivity index (χ2v) is 5.98. The van der Waals surface area contributed by atoms with E-state index in [9.17, 15) is 9.59 Å². The second kappa shape index (κ2) is 7.75. The largest absolute Gasteiger partial charge is 0.481 e. The molecule has 0 aromatic carbocycles. The van der Waals surface area contributed by atoms with Crippen LogP contribution in [0.3, 0.4) is 0 Å². The van der Waals surface area contributed by atoms with Crippen molar-refractivity contribution in [1.29, 1.82) is 0 Å². The maximum Gasteiger partial charge on any atom is 0.308 e. The van der Waals surface area contributed by atoms with E-state index in [0.29, 0.717) is 26.2 Å². The first-order chi connectivity index (χ1) is 10.1. The van der Waals surface area contributed by atoms with Gasteiger partial charge in [-0.1, -0.05) is 6.92 Å². The Bertz CT molecular complexity index is 363. The van der Waals surface area contributed by atoms with Crippen LogP contribution in [0.2, 0.25) is 0 Å². The summed E-state index contributed by atoms with van der Waals surface area (Å²) < 4.78 is 11.0. The fourth-order valence-corrected chi connectivity index (χ4v) is 2.51. The second-order valence-electron chi connectivity index (χ2n) is 5.98. The van der Waals surface area contributed by atoms with Gasteiger partial charge in [-0.15, -0.1) is 0 Å². The first kappa shape index (κ1) is 16.2. The Labute approximate surface area is 125 Å². The highest BCUT2D eigenvalue weighted by Crippen LogP contribution is 2.28. The average Bonchev–Trinajstić information content (AvgIpc) is 3.16. The Hall–Kier alpha value is -1.14. The van der Waals surface area contributed by atoms with Crippen LogP contribution >= 0.6 is 0 Å². The molecule has 0 aromatic rings. The molecule has 0 spiro atoms. The van der Waals surface area contributed by atoms with Gasteiger partial charge in [-0.2, -0.15) is 0 Å². The van der Waals surface area contributed by atoms with Gasteiger partial charge >= 0.3 is 5.97 Å². The van der Waals surface area contributed by atoms with E-state index in [2.05, 4.69) is 0 Å². The summed E-state index contributed by atoms with van der Waals surface area (Å²) in [6.07, 6.45) is 4.55. The fraction of sp³-hybridized carbons (Fsp3) is 0.867. The minimum absolute atomic E-state index is 0.00191. The number of aliphatic carboxylic acids is 1. The van der Waals surface area contributed by atoms with E-state index in [4.69, 9.17) is 14.6 Å². The highest BCUT2D eigenvalue weighted by Gasteiger charge is 2.34. The maximum absolute atomic E-state index is 12.2. The van der Waals surface area contributed by atoms with E-state index in [-0.39, 0.29) is 18.1 Å². The van der Waals surface area contributed by atoms with Gasteiger partial charge in [0.15, 0.2) is 0 Å². The van der Waals surface area contributed by atoms with Crippen LogP contribution in [0, 0.1) is 5.92 Å². The minimum Gasteiger partial charge on any atom is -0.481 e. The van der Waals surface area contributed by atoms with Crippen LogP contribution in [-0.4, -0.2) is 60.4 Å². The molecule has 21 heavy (non-hydrogen) atoms. The van der Waals surface area contributed by atoms with Crippen LogP contribution in [-0.2, 0) is 19.1 Å². The summed E-state index contributed by atoms with van der Waals surface area (Å²) in [5, 5.41) is 8.97. The van der Waals surface area contributed by atoms with Crippen molar-refractivity contribution in [1.82, 2.24) is 4.90 Å².